The summed E-state index contributed by atoms with van der Waals surface area (Å²) in [5, 5.41) is 13.5. The Hall–Kier alpha value is -1.99. The molecule has 1 N–H and O–H groups in total. The first-order chi connectivity index (χ1) is 10.0. The third kappa shape index (κ3) is 4.80. The van der Waals surface area contributed by atoms with E-state index < -0.39 is 4.92 Å². The maximum atomic E-state index is 12.8. The average molecular weight is 322 g/mol. The van der Waals surface area contributed by atoms with Gasteiger partial charge < -0.3 is 5.32 Å². The third-order valence-corrected chi connectivity index (χ3v) is 3.91. The molecule has 7 heteroatoms. The van der Waals surface area contributed by atoms with E-state index in [-0.39, 0.29) is 11.5 Å². The SMILES string of the molecule is O=[N+]([O-])c1ccc(CSC(=S)Nc2ccc(F)cc2)cc1. The number of non-ortho nitro benzene ring substituents is 1. The maximum absolute atomic E-state index is 12.8. The summed E-state index contributed by atoms with van der Waals surface area (Å²) in [5.41, 5.74) is 1.72. The van der Waals surface area contributed by atoms with Crippen molar-refractivity contribution >= 4 is 39.7 Å². The Labute approximate surface area is 130 Å². The molecule has 2 aromatic rings. The number of benzene rings is 2. The molecule has 2 rings (SSSR count). The number of halogens is 1. The standard InChI is InChI=1S/C14H11FN2O2S2/c15-11-3-5-12(6-4-11)16-14(20)21-9-10-1-7-13(8-2-10)17(18)19/h1-8H,9H2,(H,16,20). The number of hydrogen-bond acceptors (Lipinski definition) is 4. The number of nitrogens with zero attached hydrogens (tertiary/aromatic N) is 1. The number of nitro benzene ring substituents is 1. The summed E-state index contributed by atoms with van der Waals surface area (Å²) in [6.45, 7) is 0. The van der Waals surface area contributed by atoms with Crippen molar-refractivity contribution in [3.8, 4) is 0 Å². The molecule has 0 heterocycles. The molecule has 0 atom stereocenters. The van der Waals surface area contributed by atoms with Crippen LogP contribution in [-0.4, -0.2) is 9.24 Å². The number of anilines is 1. The number of rotatable bonds is 4. The molecule has 0 bridgehead atoms. The van der Waals surface area contributed by atoms with Crippen molar-refractivity contribution in [3.63, 3.8) is 0 Å². The zero-order chi connectivity index (χ0) is 15.2. The van der Waals surface area contributed by atoms with Crippen molar-refractivity contribution in [3.05, 3.63) is 70.0 Å². The maximum Gasteiger partial charge on any atom is 0.269 e. The summed E-state index contributed by atoms with van der Waals surface area (Å²) >= 11 is 6.58. The van der Waals surface area contributed by atoms with Crippen LogP contribution in [-0.2, 0) is 5.75 Å². The van der Waals surface area contributed by atoms with Crippen LogP contribution in [0.5, 0.6) is 0 Å². The van der Waals surface area contributed by atoms with Gasteiger partial charge >= 0.3 is 0 Å². The minimum absolute atomic E-state index is 0.0655. The van der Waals surface area contributed by atoms with Crippen LogP contribution in [0.15, 0.2) is 48.5 Å². The van der Waals surface area contributed by atoms with Gasteiger partial charge in [-0.2, -0.15) is 0 Å². The zero-order valence-electron chi connectivity index (χ0n) is 10.8. The fourth-order valence-corrected chi connectivity index (χ4v) is 2.52. The topological polar surface area (TPSA) is 55.2 Å². The Balaban J connectivity index is 1.86. The molecule has 21 heavy (non-hydrogen) atoms. The van der Waals surface area contributed by atoms with Gasteiger partial charge in [-0.1, -0.05) is 36.1 Å². The first-order valence-electron chi connectivity index (χ1n) is 5.97. The van der Waals surface area contributed by atoms with E-state index in [4.69, 9.17) is 12.2 Å². The number of thiocarbonyl (C=S) groups is 1. The highest BCUT2D eigenvalue weighted by atomic mass is 32.2. The zero-order valence-corrected chi connectivity index (χ0v) is 12.4. The monoisotopic (exact) mass is 322 g/mol. The van der Waals surface area contributed by atoms with E-state index in [1.165, 1.54) is 36.0 Å². The van der Waals surface area contributed by atoms with Crippen LogP contribution < -0.4 is 5.32 Å². The second-order valence-electron chi connectivity index (χ2n) is 4.13. The van der Waals surface area contributed by atoms with Gasteiger partial charge in [-0.15, -0.1) is 0 Å². The van der Waals surface area contributed by atoms with Crippen molar-refractivity contribution < 1.29 is 9.31 Å². The molecular formula is C14H11FN2O2S2. The molecule has 0 fully saturated rings. The van der Waals surface area contributed by atoms with E-state index in [0.717, 1.165) is 11.3 Å². The molecule has 0 radical (unpaired) electrons. The first kappa shape index (κ1) is 15.4. The van der Waals surface area contributed by atoms with E-state index in [0.29, 0.717) is 10.1 Å². The summed E-state index contributed by atoms with van der Waals surface area (Å²) < 4.78 is 13.3. The van der Waals surface area contributed by atoms with Crippen LogP contribution in [0.1, 0.15) is 5.56 Å². The van der Waals surface area contributed by atoms with Crippen molar-refractivity contribution in [2.45, 2.75) is 5.75 Å². The van der Waals surface area contributed by atoms with Crippen molar-refractivity contribution in [1.82, 2.24) is 0 Å². The van der Waals surface area contributed by atoms with Crippen molar-refractivity contribution in [2.24, 2.45) is 0 Å². The highest BCUT2D eigenvalue weighted by Crippen LogP contribution is 2.19. The van der Waals surface area contributed by atoms with E-state index >= 15 is 0 Å². The molecule has 0 unspecified atom stereocenters. The van der Waals surface area contributed by atoms with Crippen LogP contribution >= 0.6 is 24.0 Å². The van der Waals surface area contributed by atoms with E-state index in [1.807, 2.05) is 0 Å². The molecule has 0 aromatic heterocycles. The number of nitrogens with one attached hydrogen (secondary N) is 1. The number of thioether (sulfide) groups is 1. The van der Waals surface area contributed by atoms with E-state index in [9.17, 15) is 14.5 Å². The summed E-state index contributed by atoms with van der Waals surface area (Å²) in [6, 6.07) is 12.2. The fourth-order valence-electron chi connectivity index (χ4n) is 1.55. The van der Waals surface area contributed by atoms with Crippen LogP contribution in [0.2, 0.25) is 0 Å². The van der Waals surface area contributed by atoms with Gasteiger partial charge in [0.2, 0.25) is 0 Å². The second kappa shape index (κ2) is 7.14. The highest BCUT2D eigenvalue weighted by molar-refractivity contribution is 8.22. The smallest absolute Gasteiger partial charge is 0.269 e. The predicted octanol–water partition coefficient (Wildman–Crippen LogP) is 4.36. The van der Waals surface area contributed by atoms with Crippen molar-refractivity contribution in [1.29, 1.82) is 0 Å². The first-order valence-corrected chi connectivity index (χ1v) is 7.36. The van der Waals surface area contributed by atoms with Crippen molar-refractivity contribution in [2.75, 3.05) is 5.32 Å². The number of nitro groups is 1. The lowest BCUT2D eigenvalue weighted by Gasteiger charge is -2.07. The molecule has 0 aliphatic rings. The quantitative estimate of drug-likeness (QED) is 0.515. The summed E-state index contributed by atoms with van der Waals surface area (Å²) in [4.78, 5) is 10.1. The third-order valence-electron chi connectivity index (χ3n) is 2.61. The lowest BCUT2D eigenvalue weighted by atomic mass is 10.2. The van der Waals surface area contributed by atoms with Gasteiger partial charge in [0.1, 0.15) is 10.1 Å². The summed E-state index contributed by atoms with van der Waals surface area (Å²) in [6.07, 6.45) is 0. The Morgan fingerprint density at radius 3 is 2.38 bits per heavy atom. The second-order valence-corrected chi connectivity index (χ2v) is 5.78. The normalized spacial score (nSPS) is 10.1. The Kier molecular flexibility index (Phi) is 5.24. The van der Waals surface area contributed by atoms with Crippen LogP contribution in [0.3, 0.4) is 0 Å². The van der Waals surface area contributed by atoms with Gasteiger partial charge in [0, 0.05) is 23.6 Å². The van der Waals surface area contributed by atoms with Gasteiger partial charge in [-0.05, 0) is 29.8 Å². The summed E-state index contributed by atoms with van der Waals surface area (Å²) in [7, 11) is 0. The number of hydrogen-bond donors (Lipinski definition) is 1. The molecule has 0 saturated carbocycles. The van der Waals surface area contributed by atoms with Gasteiger partial charge in [0.15, 0.2) is 0 Å². The minimum Gasteiger partial charge on any atom is -0.341 e. The Morgan fingerprint density at radius 2 is 1.81 bits per heavy atom. The van der Waals surface area contributed by atoms with Gasteiger partial charge in [0.25, 0.3) is 5.69 Å². The van der Waals surface area contributed by atoms with Crippen LogP contribution in [0.25, 0.3) is 0 Å². The molecule has 0 saturated heterocycles. The lowest BCUT2D eigenvalue weighted by Crippen LogP contribution is -2.04. The minimum atomic E-state index is -0.433. The lowest BCUT2D eigenvalue weighted by molar-refractivity contribution is -0.384. The molecule has 0 amide bonds. The average Bonchev–Trinajstić information content (AvgIpc) is 2.48. The predicted molar refractivity (Wildman–Crippen MR) is 87.0 cm³/mol. The summed E-state index contributed by atoms with van der Waals surface area (Å²) in [5.74, 6) is 0.301. The highest BCUT2D eigenvalue weighted by Gasteiger charge is 2.05. The van der Waals surface area contributed by atoms with Crippen LogP contribution in [0, 0.1) is 15.9 Å². The Bertz CT molecular complexity index is 645. The molecule has 4 nitrogen and oxygen atoms in total. The van der Waals surface area contributed by atoms with E-state index in [2.05, 4.69) is 5.32 Å². The molecule has 108 valence electrons. The molecular weight excluding hydrogens is 311 g/mol. The fraction of sp³-hybridized carbons (Fsp3) is 0.0714. The molecule has 0 spiro atoms. The van der Waals surface area contributed by atoms with Crippen LogP contribution in [0.4, 0.5) is 15.8 Å². The van der Waals surface area contributed by atoms with E-state index in [1.54, 1.807) is 24.3 Å². The Morgan fingerprint density at radius 1 is 1.19 bits per heavy atom. The van der Waals surface area contributed by atoms with Gasteiger partial charge in [0.05, 0.1) is 4.92 Å². The van der Waals surface area contributed by atoms with Gasteiger partial charge in [-0.3, -0.25) is 10.1 Å². The molecule has 0 aliphatic carbocycles. The van der Waals surface area contributed by atoms with Gasteiger partial charge in [-0.25, -0.2) is 4.39 Å². The largest absolute Gasteiger partial charge is 0.341 e. The molecule has 0 aliphatic heterocycles. The molecule has 2 aromatic carbocycles.